The molecule has 3 N–H and O–H groups in total. The van der Waals surface area contributed by atoms with Crippen LogP contribution in [0.15, 0.2) is 24.3 Å². The summed E-state index contributed by atoms with van der Waals surface area (Å²) in [4.78, 5) is 21.7. The Kier molecular flexibility index (Phi) is 4.47. The van der Waals surface area contributed by atoms with Crippen molar-refractivity contribution in [1.29, 1.82) is 0 Å². The molecule has 5 heteroatoms. The number of hydrogen-bond donors (Lipinski definition) is 2. The number of nitrogens with two attached hydrogens (primary N) is 1. The fourth-order valence-electron chi connectivity index (χ4n) is 1.16. The first-order valence-corrected chi connectivity index (χ1v) is 4.80. The molecule has 0 atom stereocenters. The molecule has 0 spiro atoms. The number of amides is 2. The lowest BCUT2D eigenvalue weighted by Crippen LogP contribution is -2.24. The van der Waals surface area contributed by atoms with Crippen molar-refractivity contribution >= 4 is 17.5 Å². The molecule has 0 heterocycles. The van der Waals surface area contributed by atoms with Crippen LogP contribution in [-0.4, -0.2) is 25.0 Å². The van der Waals surface area contributed by atoms with E-state index in [1.54, 1.807) is 6.07 Å². The molecule has 1 aromatic rings. The summed E-state index contributed by atoms with van der Waals surface area (Å²) in [6.07, 6.45) is 0. The Morgan fingerprint density at radius 3 is 2.75 bits per heavy atom. The van der Waals surface area contributed by atoms with Crippen molar-refractivity contribution in [2.45, 2.75) is 6.92 Å². The zero-order chi connectivity index (χ0) is 12.0. The predicted octanol–water partition coefficient (Wildman–Crippen LogP) is 0.435. The lowest BCUT2D eigenvalue weighted by Gasteiger charge is -2.05. The van der Waals surface area contributed by atoms with Crippen molar-refractivity contribution in [3.63, 3.8) is 0 Å². The van der Waals surface area contributed by atoms with E-state index in [9.17, 15) is 9.59 Å². The molecule has 16 heavy (non-hydrogen) atoms. The monoisotopic (exact) mass is 222 g/mol. The molecule has 5 nitrogen and oxygen atoms in total. The van der Waals surface area contributed by atoms with Crippen LogP contribution in [0.25, 0.3) is 0 Å². The Bertz CT molecular complexity index is 391. The van der Waals surface area contributed by atoms with Gasteiger partial charge in [0.25, 0.3) is 0 Å². The fraction of sp³-hybridized carbons (Fsp3) is 0.273. The van der Waals surface area contributed by atoms with Crippen molar-refractivity contribution < 1.29 is 14.3 Å². The van der Waals surface area contributed by atoms with Gasteiger partial charge in [0, 0.05) is 5.69 Å². The third kappa shape index (κ3) is 4.56. The third-order valence-electron chi connectivity index (χ3n) is 1.78. The van der Waals surface area contributed by atoms with E-state index in [4.69, 9.17) is 10.5 Å². The van der Waals surface area contributed by atoms with Crippen LogP contribution in [0.3, 0.4) is 0 Å². The summed E-state index contributed by atoms with van der Waals surface area (Å²) in [5, 5.41) is 2.64. The normalized spacial score (nSPS) is 9.81. The average molecular weight is 222 g/mol. The highest BCUT2D eigenvalue weighted by molar-refractivity contribution is 5.91. The van der Waals surface area contributed by atoms with E-state index in [0.717, 1.165) is 5.56 Å². The highest BCUT2D eigenvalue weighted by Crippen LogP contribution is 2.08. The lowest BCUT2D eigenvalue weighted by atomic mass is 10.2. The largest absolute Gasteiger partial charge is 0.368 e. The second-order valence-electron chi connectivity index (χ2n) is 3.38. The van der Waals surface area contributed by atoms with Gasteiger partial charge in [0.2, 0.25) is 11.8 Å². The Labute approximate surface area is 93.6 Å². The summed E-state index contributed by atoms with van der Waals surface area (Å²) in [7, 11) is 0. The highest BCUT2D eigenvalue weighted by atomic mass is 16.5. The van der Waals surface area contributed by atoms with Crippen LogP contribution >= 0.6 is 0 Å². The molecular weight excluding hydrogens is 208 g/mol. The Balaban J connectivity index is 2.37. The van der Waals surface area contributed by atoms with Gasteiger partial charge >= 0.3 is 0 Å². The van der Waals surface area contributed by atoms with E-state index < -0.39 is 5.91 Å². The van der Waals surface area contributed by atoms with Gasteiger partial charge in [-0.2, -0.15) is 0 Å². The summed E-state index contributed by atoms with van der Waals surface area (Å²) in [5.41, 5.74) is 6.61. The van der Waals surface area contributed by atoms with Gasteiger partial charge in [-0.25, -0.2) is 0 Å². The molecule has 0 aromatic heterocycles. The van der Waals surface area contributed by atoms with E-state index in [2.05, 4.69) is 5.32 Å². The van der Waals surface area contributed by atoms with Crippen molar-refractivity contribution in [2.75, 3.05) is 18.5 Å². The molecule has 1 rings (SSSR count). The van der Waals surface area contributed by atoms with Crippen molar-refractivity contribution in [3.8, 4) is 0 Å². The number of primary amides is 1. The molecule has 0 saturated carbocycles. The molecular formula is C11H14N2O3. The van der Waals surface area contributed by atoms with E-state index in [0.29, 0.717) is 5.69 Å². The maximum absolute atomic E-state index is 11.3. The van der Waals surface area contributed by atoms with E-state index in [-0.39, 0.29) is 19.1 Å². The zero-order valence-corrected chi connectivity index (χ0v) is 9.03. The van der Waals surface area contributed by atoms with Crippen LogP contribution in [0.4, 0.5) is 5.69 Å². The van der Waals surface area contributed by atoms with Gasteiger partial charge in [0.15, 0.2) is 0 Å². The summed E-state index contributed by atoms with van der Waals surface area (Å²) in [6.45, 7) is 1.50. The molecule has 0 bridgehead atoms. The second-order valence-corrected chi connectivity index (χ2v) is 3.38. The molecule has 0 aliphatic carbocycles. The molecule has 0 aliphatic heterocycles. The van der Waals surface area contributed by atoms with Crippen LogP contribution in [0.1, 0.15) is 5.56 Å². The van der Waals surface area contributed by atoms with Crippen molar-refractivity contribution in [2.24, 2.45) is 5.73 Å². The SMILES string of the molecule is Cc1cccc(NC(=O)COCC(N)=O)c1. The molecule has 0 saturated heterocycles. The minimum Gasteiger partial charge on any atom is -0.368 e. The van der Waals surface area contributed by atoms with E-state index >= 15 is 0 Å². The number of anilines is 1. The van der Waals surface area contributed by atoms with Gasteiger partial charge in [-0.3, -0.25) is 9.59 Å². The van der Waals surface area contributed by atoms with Crippen LogP contribution < -0.4 is 11.1 Å². The summed E-state index contributed by atoms with van der Waals surface area (Å²) < 4.78 is 4.77. The number of carbonyl (C=O) groups is 2. The van der Waals surface area contributed by atoms with Gasteiger partial charge in [-0.15, -0.1) is 0 Å². The van der Waals surface area contributed by atoms with Crippen LogP contribution in [-0.2, 0) is 14.3 Å². The van der Waals surface area contributed by atoms with Crippen molar-refractivity contribution in [3.05, 3.63) is 29.8 Å². The van der Waals surface area contributed by atoms with Gasteiger partial charge in [0.05, 0.1) is 0 Å². The maximum Gasteiger partial charge on any atom is 0.250 e. The Morgan fingerprint density at radius 1 is 1.38 bits per heavy atom. The predicted molar refractivity (Wildman–Crippen MR) is 59.8 cm³/mol. The number of aryl methyl sites for hydroxylation is 1. The standard InChI is InChI=1S/C11H14N2O3/c1-8-3-2-4-9(5-8)13-11(15)7-16-6-10(12)14/h2-5H,6-7H2,1H3,(H2,12,14)(H,13,15). The first-order valence-electron chi connectivity index (χ1n) is 4.80. The van der Waals surface area contributed by atoms with Gasteiger partial charge in [-0.05, 0) is 24.6 Å². The summed E-state index contributed by atoms with van der Waals surface area (Å²) in [6, 6.07) is 7.39. The smallest absolute Gasteiger partial charge is 0.250 e. The highest BCUT2D eigenvalue weighted by Gasteiger charge is 2.03. The molecule has 0 unspecified atom stereocenters. The maximum atomic E-state index is 11.3. The molecule has 0 aliphatic rings. The zero-order valence-electron chi connectivity index (χ0n) is 9.03. The minimum atomic E-state index is -0.594. The van der Waals surface area contributed by atoms with Crippen molar-refractivity contribution in [1.82, 2.24) is 0 Å². The minimum absolute atomic E-state index is 0.184. The number of nitrogens with one attached hydrogen (secondary N) is 1. The van der Waals surface area contributed by atoms with Crippen LogP contribution in [0.5, 0.6) is 0 Å². The quantitative estimate of drug-likeness (QED) is 0.758. The summed E-state index contributed by atoms with van der Waals surface area (Å²) in [5.74, 6) is -0.907. The Hall–Kier alpha value is -1.88. The number of rotatable bonds is 5. The topological polar surface area (TPSA) is 81.4 Å². The van der Waals surface area contributed by atoms with Gasteiger partial charge < -0.3 is 15.8 Å². The molecule has 86 valence electrons. The number of hydrogen-bond acceptors (Lipinski definition) is 3. The average Bonchev–Trinajstić information content (AvgIpc) is 2.16. The van der Waals surface area contributed by atoms with Gasteiger partial charge in [-0.1, -0.05) is 12.1 Å². The number of benzene rings is 1. The molecule has 1 aromatic carbocycles. The van der Waals surface area contributed by atoms with Crippen LogP contribution in [0, 0.1) is 6.92 Å². The van der Waals surface area contributed by atoms with E-state index in [1.165, 1.54) is 0 Å². The molecule has 2 amide bonds. The van der Waals surface area contributed by atoms with Gasteiger partial charge in [0.1, 0.15) is 13.2 Å². The lowest BCUT2D eigenvalue weighted by molar-refractivity contribution is -0.126. The second kappa shape index (κ2) is 5.87. The fourth-order valence-corrected chi connectivity index (χ4v) is 1.16. The molecule has 0 fully saturated rings. The third-order valence-corrected chi connectivity index (χ3v) is 1.78. The Morgan fingerprint density at radius 2 is 2.12 bits per heavy atom. The first-order chi connectivity index (χ1) is 7.58. The van der Waals surface area contributed by atoms with Crippen LogP contribution in [0.2, 0.25) is 0 Å². The number of ether oxygens (including phenoxy) is 1. The molecule has 0 radical (unpaired) electrons. The first kappa shape index (κ1) is 12.2. The van der Waals surface area contributed by atoms with E-state index in [1.807, 2.05) is 25.1 Å². The number of carbonyl (C=O) groups excluding carboxylic acids is 2. The summed E-state index contributed by atoms with van der Waals surface area (Å²) >= 11 is 0.